The summed E-state index contributed by atoms with van der Waals surface area (Å²) in [4.78, 5) is 16.6. The third-order valence-electron chi connectivity index (χ3n) is 4.55. The fraction of sp³-hybridized carbons (Fsp3) is 0.300. The van der Waals surface area contributed by atoms with Gasteiger partial charge in [0.2, 0.25) is 0 Å². The monoisotopic (exact) mass is 371 g/mol. The SMILES string of the molecule is O=C(NC(=S)N1CCN(CCc2ccccc2)CC1)c1ccc(F)cc1. The lowest BCUT2D eigenvalue weighted by atomic mass is 10.1. The minimum Gasteiger partial charge on any atom is -0.346 e. The summed E-state index contributed by atoms with van der Waals surface area (Å²) in [7, 11) is 0. The largest absolute Gasteiger partial charge is 0.346 e. The van der Waals surface area contributed by atoms with Crippen molar-refractivity contribution in [3.63, 3.8) is 0 Å². The average molecular weight is 371 g/mol. The normalized spacial score (nSPS) is 14.9. The van der Waals surface area contributed by atoms with Crippen molar-refractivity contribution in [3.8, 4) is 0 Å². The average Bonchev–Trinajstić information content (AvgIpc) is 2.68. The van der Waals surface area contributed by atoms with E-state index in [1.165, 1.54) is 29.8 Å². The first-order valence-corrected chi connectivity index (χ1v) is 9.15. The first-order valence-electron chi connectivity index (χ1n) is 8.74. The summed E-state index contributed by atoms with van der Waals surface area (Å²) >= 11 is 5.36. The zero-order valence-electron chi connectivity index (χ0n) is 14.5. The van der Waals surface area contributed by atoms with Gasteiger partial charge in [0.25, 0.3) is 5.91 Å². The fourth-order valence-corrected chi connectivity index (χ4v) is 3.23. The van der Waals surface area contributed by atoms with Gasteiger partial charge in [-0.1, -0.05) is 30.3 Å². The molecule has 3 rings (SSSR count). The van der Waals surface area contributed by atoms with Crippen LogP contribution in [0.15, 0.2) is 54.6 Å². The second kappa shape index (κ2) is 8.87. The summed E-state index contributed by atoms with van der Waals surface area (Å²) in [5, 5.41) is 3.17. The number of carbonyl (C=O) groups is 1. The number of halogens is 1. The van der Waals surface area contributed by atoms with E-state index in [1.807, 2.05) is 11.0 Å². The molecule has 1 saturated heterocycles. The van der Waals surface area contributed by atoms with Gasteiger partial charge in [-0.3, -0.25) is 15.0 Å². The predicted octanol–water partition coefficient (Wildman–Crippen LogP) is 2.70. The standard InChI is InChI=1S/C20H22FN3OS/c21-18-8-6-17(7-9-18)19(25)22-20(26)24-14-12-23(13-15-24)11-10-16-4-2-1-3-5-16/h1-9H,10-15H2,(H,22,25,26). The molecule has 0 spiro atoms. The molecule has 2 aromatic rings. The molecule has 1 amide bonds. The number of piperazine rings is 1. The third kappa shape index (κ3) is 5.09. The molecule has 4 nitrogen and oxygen atoms in total. The number of rotatable bonds is 4. The lowest BCUT2D eigenvalue weighted by Crippen LogP contribution is -2.52. The van der Waals surface area contributed by atoms with Crippen molar-refractivity contribution in [2.24, 2.45) is 0 Å². The van der Waals surface area contributed by atoms with E-state index < -0.39 is 0 Å². The Bertz CT molecular complexity index is 743. The van der Waals surface area contributed by atoms with Gasteiger partial charge in [0.15, 0.2) is 5.11 Å². The Hall–Kier alpha value is -2.31. The summed E-state index contributed by atoms with van der Waals surface area (Å²) in [6, 6.07) is 15.9. The molecular formula is C20H22FN3OS. The van der Waals surface area contributed by atoms with Gasteiger partial charge in [-0.2, -0.15) is 0 Å². The van der Waals surface area contributed by atoms with Crippen LogP contribution in [0.25, 0.3) is 0 Å². The van der Waals surface area contributed by atoms with E-state index in [9.17, 15) is 9.18 Å². The topological polar surface area (TPSA) is 35.6 Å². The van der Waals surface area contributed by atoms with E-state index in [1.54, 1.807) is 0 Å². The number of carbonyl (C=O) groups excluding carboxylic acids is 1. The first-order chi connectivity index (χ1) is 12.6. The summed E-state index contributed by atoms with van der Waals surface area (Å²) in [6.07, 6.45) is 1.03. The molecule has 136 valence electrons. The Morgan fingerprint density at radius 1 is 1.00 bits per heavy atom. The van der Waals surface area contributed by atoms with E-state index in [4.69, 9.17) is 12.2 Å². The van der Waals surface area contributed by atoms with Gasteiger partial charge in [-0.25, -0.2) is 4.39 Å². The minimum atomic E-state index is -0.365. The first kappa shape index (κ1) is 18.5. The van der Waals surface area contributed by atoms with E-state index in [2.05, 4.69) is 34.5 Å². The zero-order chi connectivity index (χ0) is 18.4. The van der Waals surface area contributed by atoms with Crippen molar-refractivity contribution >= 4 is 23.2 Å². The molecule has 0 saturated carbocycles. The lowest BCUT2D eigenvalue weighted by Gasteiger charge is -2.36. The van der Waals surface area contributed by atoms with Crippen molar-refractivity contribution < 1.29 is 9.18 Å². The Kier molecular flexibility index (Phi) is 6.30. The van der Waals surface area contributed by atoms with Crippen LogP contribution in [0.5, 0.6) is 0 Å². The maximum Gasteiger partial charge on any atom is 0.257 e. The molecule has 0 unspecified atom stereocenters. The van der Waals surface area contributed by atoms with Crippen LogP contribution in [0, 0.1) is 5.82 Å². The smallest absolute Gasteiger partial charge is 0.257 e. The minimum absolute atomic E-state index is 0.304. The van der Waals surface area contributed by atoms with Crippen LogP contribution in [0.3, 0.4) is 0 Å². The van der Waals surface area contributed by atoms with Gasteiger partial charge in [-0.15, -0.1) is 0 Å². The van der Waals surface area contributed by atoms with E-state index in [0.29, 0.717) is 10.7 Å². The van der Waals surface area contributed by atoms with Crippen LogP contribution in [-0.4, -0.2) is 53.5 Å². The Morgan fingerprint density at radius 2 is 1.65 bits per heavy atom. The fourth-order valence-electron chi connectivity index (χ4n) is 2.96. The summed E-state index contributed by atoms with van der Waals surface area (Å²) in [6.45, 7) is 4.43. The van der Waals surface area contributed by atoms with Crippen LogP contribution >= 0.6 is 12.2 Å². The van der Waals surface area contributed by atoms with Crippen molar-refractivity contribution in [1.29, 1.82) is 0 Å². The van der Waals surface area contributed by atoms with E-state index in [-0.39, 0.29) is 11.7 Å². The number of hydrogen-bond acceptors (Lipinski definition) is 3. The third-order valence-corrected chi connectivity index (χ3v) is 4.91. The maximum absolute atomic E-state index is 12.9. The predicted molar refractivity (Wildman–Crippen MR) is 105 cm³/mol. The molecule has 1 heterocycles. The van der Waals surface area contributed by atoms with Gasteiger partial charge < -0.3 is 4.90 Å². The van der Waals surface area contributed by atoms with Gasteiger partial charge in [0, 0.05) is 38.3 Å². The van der Waals surface area contributed by atoms with Crippen LogP contribution in [0.2, 0.25) is 0 Å². The quantitative estimate of drug-likeness (QED) is 0.839. The molecule has 0 aromatic heterocycles. The second-order valence-electron chi connectivity index (χ2n) is 6.33. The summed E-state index contributed by atoms with van der Waals surface area (Å²) in [5.41, 5.74) is 1.74. The number of benzene rings is 2. The molecule has 1 fully saturated rings. The van der Waals surface area contributed by atoms with Crippen molar-refractivity contribution in [2.45, 2.75) is 6.42 Å². The second-order valence-corrected chi connectivity index (χ2v) is 6.72. The highest BCUT2D eigenvalue weighted by atomic mass is 32.1. The molecule has 0 aliphatic carbocycles. The number of thiocarbonyl (C=S) groups is 1. The Morgan fingerprint density at radius 3 is 2.31 bits per heavy atom. The van der Waals surface area contributed by atoms with Crippen LogP contribution in [0.4, 0.5) is 4.39 Å². The van der Waals surface area contributed by atoms with Crippen LogP contribution < -0.4 is 5.32 Å². The molecule has 1 aliphatic rings. The van der Waals surface area contributed by atoms with Crippen molar-refractivity contribution in [2.75, 3.05) is 32.7 Å². The molecular weight excluding hydrogens is 349 g/mol. The highest BCUT2D eigenvalue weighted by Crippen LogP contribution is 2.07. The van der Waals surface area contributed by atoms with Gasteiger partial charge >= 0.3 is 0 Å². The highest BCUT2D eigenvalue weighted by Gasteiger charge is 2.20. The van der Waals surface area contributed by atoms with Gasteiger partial charge in [0.05, 0.1) is 0 Å². The molecule has 26 heavy (non-hydrogen) atoms. The number of amides is 1. The van der Waals surface area contributed by atoms with Crippen LogP contribution in [0.1, 0.15) is 15.9 Å². The number of nitrogens with zero attached hydrogens (tertiary/aromatic N) is 2. The molecule has 0 atom stereocenters. The van der Waals surface area contributed by atoms with Gasteiger partial charge in [-0.05, 0) is 48.5 Å². The Labute approximate surface area is 158 Å². The molecule has 0 bridgehead atoms. The number of hydrogen-bond donors (Lipinski definition) is 1. The highest BCUT2D eigenvalue weighted by molar-refractivity contribution is 7.80. The maximum atomic E-state index is 12.9. The molecule has 1 aliphatic heterocycles. The lowest BCUT2D eigenvalue weighted by molar-refractivity contribution is 0.0969. The van der Waals surface area contributed by atoms with E-state index >= 15 is 0 Å². The molecule has 0 radical (unpaired) electrons. The summed E-state index contributed by atoms with van der Waals surface area (Å²) in [5.74, 6) is -0.669. The van der Waals surface area contributed by atoms with Crippen LogP contribution in [-0.2, 0) is 6.42 Å². The number of nitrogens with one attached hydrogen (secondary N) is 1. The zero-order valence-corrected chi connectivity index (χ0v) is 15.3. The van der Waals surface area contributed by atoms with E-state index in [0.717, 1.165) is 39.1 Å². The molecule has 2 aromatic carbocycles. The summed E-state index contributed by atoms with van der Waals surface area (Å²) < 4.78 is 12.9. The van der Waals surface area contributed by atoms with Crippen molar-refractivity contribution in [3.05, 3.63) is 71.5 Å². The molecule has 1 N–H and O–H groups in total. The van der Waals surface area contributed by atoms with Crippen molar-refractivity contribution in [1.82, 2.24) is 15.1 Å². The Balaban J connectivity index is 1.43. The van der Waals surface area contributed by atoms with Gasteiger partial charge in [0.1, 0.15) is 5.82 Å². The molecule has 6 heteroatoms.